The van der Waals surface area contributed by atoms with Gasteiger partial charge >= 0.3 is 0 Å². The van der Waals surface area contributed by atoms with Gasteiger partial charge in [0.15, 0.2) is 0 Å². The molecule has 0 atom stereocenters. The summed E-state index contributed by atoms with van der Waals surface area (Å²) in [7, 11) is -3.67. The first-order valence-corrected chi connectivity index (χ1v) is 7.84. The molecule has 0 aliphatic heterocycles. The van der Waals surface area contributed by atoms with E-state index in [1.165, 1.54) is 17.3 Å². The van der Waals surface area contributed by atoms with Gasteiger partial charge in [0.2, 0.25) is 10.0 Å². The molecule has 0 aliphatic rings. The summed E-state index contributed by atoms with van der Waals surface area (Å²) in [5.74, 6) is -0.592. The number of nitrogens with zero attached hydrogens (tertiary/aromatic N) is 1. The van der Waals surface area contributed by atoms with Crippen LogP contribution < -0.4 is 5.73 Å². The van der Waals surface area contributed by atoms with Crippen LogP contribution in [-0.4, -0.2) is 25.8 Å². The number of rotatable bonds is 6. The van der Waals surface area contributed by atoms with Crippen molar-refractivity contribution >= 4 is 15.7 Å². The molecule has 0 unspecified atom stereocenters. The molecule has 4 nitrogen and oxygen atoms in total. The predicted molar refractivity (Wildman–Crippen MR) is 74.9 cm³/mol. The van der Waals surface area contributed by atoms with Gasteiger partial charge in [-0.25, -0.2) is 12.8 Å². The molecule has 6 heteroatoms. The van der Waals surface area contributed by atoms with E-state index < -0.39 is 15.8 Å². The first-order valence-electron chi connectivity index (χ1n) is 6.40. The van der Waals surface area contributed by atoms with Crippen molar-refractivity contribution in [3.63, 3.8) is 0 Å². The molecule has 0 spiro atoms. The van der Waals surface area contributed by atoms with E-state index in [1.807, 2.05) is 6.92 Å². The van der Waals surface area contributed by atoms with Crippen molar-refractivity contribution in [2.45, 2.75) is 38.5 Å². The molecule has 1 rings (SSSR count). The van der Waals surface area contributed by atoms with Crippen LogP contribution in [0, 0.1) is 12.7 Å². The maximum atomic E-state index is 13.6. The van der Waals surface area contributed by atoms with E-state index in [0.717, 1.165) is 18.9 Å². The Morgan fingerprint density at radius 2 is 1.95 bits per heavy atom. The number of halogens is 1. The first kappa shape index (κ1) is 15.9. The summed E-state index contributed by atoms with van der Waals surface area (Å²) in [5, 5.41) is 0. The fourth-order valence-corrected chi connectivity index (χ4v) is 3.29. The van der Waals surface area contributed by atoms with Crippen molar-refractivity contribution in [2.24, 2.45) is 0 Å². The van der Waals surface area contributed by atoms with Crippen LogP contribution >= 0.6 is 0 Å². The third kappa shape index (κ3) is 3.45. The highest BCUT2D eigenvalue weighted by molar-refractivity contribution is 7.89. The quantitative estimate of drug-likeness (QED) is 0.818. The Hall–Kier alpha value is -1.14. The predicted octanol–water partition coefficient (Wildman–Crippen LogP) is 2.53. The molecule has 2 N–H and O–H groups in total. The van der Waals surface area contributed by atoms with E-state index in [4.69, 9.17) is 5.73 Å². The number of nitrogens with two attached hydrogens (primary N) is 1. The summed E-state index contributed by atoms with van der Waals surface area (Å²) in [4.78, 5) is -0.0777. The summed E-state index contributed by atoms with van der Waals surface area (Å²) < 4.78 is 39.8. The number of hydrogen-bond acceptors (Lipinski definition) is 3. The van der Waals surface area contributed by atoms with Crippen LogP contribution in [0.4, 0.5) is 10.1 Å². The second kappa shape index (κ2) is 6.34. The maximum Gasteiger partial charge on any atom is 0.243 e. The third-order valence-corrected chi connectivity index (χ3v) is 5.06. The number of nitrogen functional groups attached to an aromatic ring is 1. The van der Waals surface area contributed by atoms with Gasteiger partial charge in [-0.2, -0.15) is 4.31 Å². The molecule has 0 fully saturated rings. The zero-order valence-electron chi connectivity index (χ0n) is 11.6. The third-order valence-electron chi connectivity index (χ3n) is 3.11. The lowest BCUT2D eigenvalue weighted by molar-refractivity contribution is 0.418. The molecule has 0 amide bonds. The van der Waals surface area contributed by atoms with Gasteiger partial charge in [-0.1, -0.05) is 20.3 Å². The van der Waals surface area contributed by atoms with Crippen molar-refractivity contribution in [1.82, 2.24) is 4.31 Å². The maximum absolute atomic E-state index is 13.6. The Bertz CT molecular complexity index is 521. The molecule has 0 aromatic heterocycles. The smallest absolute Gasteiger partial charge is 0.243 e. The highest BCUT2D eigenvalue weighted by atomic mass is 32.2. The SMILES string of the molecule is CCCCN(CC)S(=O)(=O)c1cc(N)c(C)c(F)c1. The molecule has 0 bridgehead atoms. The van der Waals surface area contributed by atoms with Crippen LogP contribution in [-0.2, 0) is 10.0 Å². The molecular formula is C13H21FN2O2S. The van der Waals surface area contributed by atoms with Gasteiger partial charge < -0.3 is 5.73 Å². The summed E-state index contributed by atoms with van der Waals surface area (Å²) in [6, 6.07) is 2.36. The van der Waals surface area contributed by atoms with Crippen molar-refractivity contribution < 1.29 is 12.8 Å². The Morgan fingerprint density at radius 3 is 2.42 bits per heavy atom. The first-order chi connectivity index (χ1) is 8.84. The minimum Gasteiger partial charge on any atom is -0.398 e. The van der Waals surface area contributed by atoms with Crippen LogP contribution in [0.5, 0.6) is 0 Å². The number of anilines is 1. The lowest BCUT2D eigenvalue weighted by atomic mass is 10.2. The van der Waals surface area contributed by atoms with Gasteiger partial charge in [-0.05, 0) is 25.5 Å². The zero-order chi connectivity index (χ0) is 14.6. The molecule has 0 saturated carbocycles. The molecular weight excluding hydrogens is 267 g/mol. The molecule has 0 heterocycles. The van der Waals surface area contributed by atoms with E-state index in [9.17, 15) is 12.8 Å². The topological polar surface area (TPSA) is 63.4 Å². The van der Waals surface area contributed by atoms with Crippen molar-refractivity contribution in [3.05, 3.63) is 23.5 Å². The summed E-state index contributed by atoms with van der Waals surface area (Å²) in [6.07, 6.45) is 1.67. The standard InChI is InChI=1S/C13H21FN2O2S/c1-4-6-7-16(5-2)19(17,18)11-8-12(14)10(3)13(15)9-11/h8-9H,4-7,15H2,1-3H3. The molecule has 0 saturated heterocycles. The fourth-order valence-electron chi connectivity index (χ4n) is 1.75. The minimum absolute atomic E-state index is 0.0777. The van der Waals surface area contributed by atoms with Gasteiger partial charge in [-0.3, -0.25) is 0 Å². The lowest BCUT2D eigenvalue weighted by Gasteiger charge is -2.20. The number of sulfonamides is 1. The second-order valence-corrected chi connectivity index (χ2v) is 6.41. The van der Waals surface area contributed by atoms with Crippen molar-refractivity contribution in [2.75, 3.05) is 18.8 Å². The van der Waals surface area contributed by atoms with Crippen LogP contribution in [0.1, 0.15) is 32.3 Å². The normalized spacial score (nSPS) is 12.1. The molecule has 19 heavy (non-hydrogen) atoms. The second-order valence-electron chi connectivity index (χ2n) is 4.47. The Kier molecular flexibility index (Phi) is 5.31. The monoisotopic (exact) mass is 288 g/mol. The van der Waals surface area contributed by atoms with E-state index in [-0.39, 0.29) is 16.1 Å². The zero-order valence-corrected chi connectivity index (χ0v) is 12.4. The molecule has 0 radical (unpaired) electrons. The van der Waals surface area contributed by atoms with Gasteiger partial charge in [0.25, 0.3) is 0 Å². The van der Waals surface area contributed by atoms with Crippen molar-refractivity contribution in [3.8, 4) is 0 Å². The average molecular weight is 288 g/mol. The van der Waals surface area contributed by atoms with Crippen LogP contribution in [0.3, 0.4) is 0 Å². The highest BCUT2D eigenvalue weighted by Crippen LogP contribution is 2.23. The van der Waals surface area contributed by atoms with E-state index in [2.05, 4.69) is 0 Å². The average Bonchev–Trinajstić information content (AvgIpc) is 2.36. The highest BCUT2D eigenvalue weighted by Gasteiger charge is 2.24. The molecule has 108 valence electrons. The van der Waals surface area contributed by atoms with Crippen LogP contribution in [0.25, 0.3) is 0 Å². The molecule has 0 aliphatic carbocycles. The van der Waals surface area contributed by atoms with Gasteiger partial charge in [0.05, 0.1) is 4.90 Å². The Morgan fingerprint density at radius 1 is 1.32 bits per heavy atom. The van der Waals surface area contributed by atoms with E-state index in [1.54, 1.807) is 6.92 Å². The summed E-state index contributed by atoms with van der Waals surface area (Å²) in [6.45, 7) is 6.07. The summed E-state index contributed by atoms with van der Waals surface area (Å²) in [5.41, 5.74) is 6.07. The lowest BCUT2D eigenvalue weighted by Crippen LogP contribution is -2.32. The van der Waals surface area contributed by atoms with Gasteiger partial charge in [-0.15, -0.1) is 0 Å². The van der Waals surface area contributed by atoms with Gasteiger partial charge in [0, 0.05) is 24.3 Å². The van der Waals surface area contributed by atoms with Crippen LogP contribution in [0.15, 0.2) is 17.0 Å². The van der Waals surface area contributed by atoms with Crippen LogP contribution in [0.2, 0.25) is 0 Å². The minimum atomic E-state index is -3.67. The number of benzene rings is 1. The fraction of sp³-hybridized carbons (Fsp3) is 0.538. The van der Waals surface area contributed by atoms with Gasteiger partial charge in [0.1, 0.15) is 5.82 Å². The Labute approximate surface area is 114 Å². The Balaban J connectivity index is 3.18. The molecule has 1 aromatic rings. The number of hydrogen-bond donors (Lipinski definition) is 1. The van der Waals surface area contributed by atoms with E-state index >= 15 is 0 Å². The van der Waals surface area contributed by atoms with E-state index in [0.29, 0.717) is 13.1 Å². The largest absolute Gasteiger partial charge is 0.398 e. The van der Waals surface area contributed by atoms with Crippen molar-refractivity contribution in [1.29, 1.82) is 0 Å². The summed E-state index contributed by atoms with van der Waals surface area (Å²) >= 11 is 0. The number of unbranched alkanes of at least 4 members (excludes halogenated alkanes) is 1. The molecule has 1 aromatic carbocycles.